The van der Waals surface area contributed by atoms with E-state index in [1.165, 1.54) is 11.8 Å². The van der Waals surface area contributed by atoms with Gasteiger partial charge < -0.3 is 4.90 Å². The van der Waals surface area contributed by atoms with Gasteiger partial charge in [0.2, 0.25) is 5.52 Å². The second-order valence-electron chi connectivity index (χ2n) is 8.91. The SMILES string of the molecule is O=S(=O)(O)CCCN1/C(=C/c2sc3ccc(-c4ccsc4)cc3[n+]2CCCS(=O)(=O)O)Sc2ccc(Cl)cc21. The fourth-order valence-electron chi connectivity index (χ4n) is 4.38. The van der Waals surface area contributed by atoms with Crippen molar-refractivity contribution in [1.82, 2.24) is 0 Å². The number of aromatic nitrogens is 1. The summed E-state index contributed by atoms with van der Waals surface area (Å²) in [6, 6.07) is 13.8. The highest BCUT2D eigenvalue weighted by Crippen LogP contribution is 2.48. The topological polar surface area (TPSA) is 116 Å². The van der Waals surface area contributed by atoms with Crippen molar-refractivity contribution in [3.63, 3.8) is 0 Å². The number of halogens is 1. The smallest absolute Gasteiger partial charge is 0.265 e. The summed E-state index contributed by atoms with van der Waals surface area (Å²) < 4.78 is 67.1. The third kappa shape index (κ3) is 7.03. The van der Waals surface area contributed by atoms with Crippen LogP contribution >= 0.6 is 46.0 Å². The molecule has 5 rings (SSSR count). The maximum atomic E-state index is 11.4. The average Bonchev–Trinajstić information content (AvgIpc) is 3.57. The number of hydrogen-bond donors (Lipinski definition) is 2. The van der Waals surface area contributed by atoms with Gasteiger partial charge in [0.15, 0.2) is 6.54 Å². The first-order chi connectivity index (χ1) is 18.5. The molecule has 39 heavy (non-hydrogen) atoms. The molecule has 4 aromatic rings. The number of rotatable bonds is 10. The number of thioether (sulfide) groups is 1. The molecule has 0 amide bonds. The summed E-state index contributed by atoms with van der Waals surface area (Å²) >= 11 is 11.0. The fraction of sp³-hybridized carbons (Fsp3) is 0.240. The van der Waals surface area contributed by atoms with Gasteiger partial charge in [-0.05, 0) is 58.6 Å². The molecule has 0 aliphatic carbocycles. The van der Waals surface area contributed by atoms with Crippen LogP contribution in [0.25, 0.3) is 27.4 Å². The lowest BCUT2D eigenvalue weighted by molar-refractivity contribution is -0.668. The van der Waals surface area contributed by atoms with E-state index in [0.29, 0.717) is 18.1 Å². The molecule has 1 aliphatic heterocycles. The van der Waals surface area contributed by atoms with Crippen molar-refractivity contribution in [2.75, 3.05) is 23.0 Å². The number of hydrogen-bond acceptors (Lipinski definition) is 8. The first-order valence-electron chi connectivity index (χ1n) is 11.8. The van der Waals surface area contributed by atoms with Gasteiger partial charge in [0.05, 0.1) is 28.3 Å². The summed E-state index contributed by atoms with van der Waals surface area (Å²) in [5, 5.41) is 6.38. The quantitative estimate of drug-likeness (QED) is 0.159. The van der Waals surface area contributed by atoms with Crippen LogP contribution in [-0.4, -0.2) is 44.0 Å². The minimum absolute atomic E-state index is 0.216. The molecule has 0 radical (unpaired) electrons. The molecule has 14 heteroatoms. The Hall–Kier alpha value is -1.97. The number of nitrogens with zero attached hydrogens (tertiary/aromatic N) is 2. The molecule has 0 atom stereocenters. The van der Waals surface area contributed by atoms with E-state index < -0.39 is 20.2 Å². The predicted octanol–water partition coefficient (Wildman–Crippen LogP) is 6.04. The van der Waals surface area contributed by atoms with Gasteiger partial charge in [-0.15, -0.1) is 0 Å². The van der Waals surface area contributed by atoms with E-state index in [9.17, 15) is 25.9 Å². The molecule has 0 bridgehead atoms. The normalized spacial score (nSPS) is 14.9. The van der Waals surface area contributed by atoms with E-state index in [1.807, 2.05) is 34.6 Å². The van der Waals surface area contributed by atoms with Gasteiger partial charge in [0.1, 0.15) is 4.70 Å². The molecule has 0 saturated carbocycles. The van der Waals surface area contributed by atoms with Crippen LogP contribution in [0.3, 0.4) is 0 Å². The molecule has 8 nitrogen and oxygen atoms in total. The highest BCUT2D eigenvalue weighted by Gasteiger charge is 2.29. The monoisotopic (exact) mass is 643 g/mol. The molecule has 3 heterocycles. The van der Waals surface area contributed by atoms with Gasteiger partial charge in [0.25, 0.3) is 25.2 Å². The van der Waals surface area contributed by atoms with Crippen LogP contribution in [0, 0.1) is 0 Å². The van der Waals surface area contributed by atoms with Crippen LogP contribution < -0.4 is 9.47 Å². The summed E-state index contributed by atoms with van der Waals surface area (Å²) in [5.74, 6) is -0.709. The molecule has 2 aromatic carbocycles. The lowest BCUT2D eigenvalue weighted by Gasteiger charge is -2.20. The molecule has 0 fully saturated rings. The molecule has 0 spiro atoms. The third-order valence-corrected chi connectivity index (χ3v) is 10.8. The summed E-state index contributed by atoms with van der Waals surface area (Å²) in [7, 11) is -8.20. The van der Waals surface area contributed by atoms with Gasteiger partial charge in [-0.2, -0.15) is 32.7 Å². The number of fused-ring (bicyclic) bond motifs is 2. The van der Waals surface area contributed by atoms with E-state index >= 15 is 0 Å². The van der Waals surface area contributed by atoms with Crippen LogP contribution in [0.5, 0.6) is 0 Å². The van der Waals surface area contributed by atoms with Gasteiger partial charge in [-0.1, -0.05) is 40.8 Å². The van der Waals surface area contributed by atoms with Gasteiger partial charge in [-0.25, -0.2) is 0 Å². The van der Waals surface area contributed by atoms with Crippen LogP contribution in [0.2, 0.25) is 5.02 Å². The van der Waals surface area contributed by atoms with Crippen LogP contribution in [-0.2, 0) is 26.8 Å². The maximum Gasteiger partial charge on any atom is 0.265 e. The predicted molar refractivity (Wildman–Crippen MR) is 160 cm³/mol. The first-order valence-corrected chi connectivity index (χ1v) is 18.0. The van der Waals surface area contributed by atoms with E-state index in [0.717, 1.165) is 42.0 Å². The molecular weight excluding hydrogens is 620 g/mol. The van der Waals surface area contributed by atoms with Crippen molar-refractivity contribution in [1.29, 1.82) is 0 Å². The number of thiophene rings is 1. The van der Waals surface area contributed by atoms with E-state index in [4.69, 9.17) is 11.6 Å². The summed E-state index contributed by atoms with van der Waals surface area (Å²) in [6.45, 7) is 0.722. The van der Waals surface area contributed by atoms with Crippen LogP contribution in [0.4, 0.5) is 5.69 Å². The van der Waals surface area contributed by atoms with E-state index in [1.54, 1.807) is 28.7 Å². The van der Waals surface area contributed by atoms with Gasteiger partial charge in [0, 0.05) is 29.0 Å². The van der Waals surface area contributed by atoms with Crippen molar-refractivity contribution in [2.24, 2.45) is 0 Å². The molecule has 2 aromatic heterocycles. The second-order valence-corrected chi connectivity index (χ2v) is 15.4. The van der Waals surface area contributed by atoms with Crippen molar-refractivity contribution in [3.05, 3.63) is 68.3 Å². The number of benzene rings is 2. The summed E-state index contributed by atoms with van der Waals surface area (Å²) in [4.78, 5) is 2.96. The number of thiazole rings is 1. The molecule has 0 unspecified atom stereocenters. The largest absolute Gasteiger partial charge is 0.335 e. The Balaban J connectivity index is 1.56. The first kappa shape index (κ1) is 28.6. The Bertz CT molecular complexity index is 1770. The Kier molecular flexibility index (Phi) is 8.41. The van der Waals surface area contributed by atoms with Gasteiger partial charge >= 0.3 is 0 Å². The maximum absolute atomic E-state index is 11.4. The zero-order valence-corrected chi connectivity index (χ0v) is 25.2. The average molecular weight is 644 g/mol. The fourth-order valence-corrected chi connectivity index (χ4v) is 8.48. The zero-order chi connectivity index (χ0) is 27.8. The Morgan fingerprint density at radius 1 is 0.949 bits per heavy atom. The Labute approximate surface area is 244 Å². The van der Waals surface area contributed by atoms with Crippen molar-refractivity contribution in [2.45, 2.75) is 24.3 Å². The highest BCUT2D eigenvalue weighted by molar-refractivity contribution is 8.04. The molecule has 206 valence electrons. The molecule has 1 aliphatic rings. The third-order valence-electron chi connectivity index (χ3n) is 6.09. The van der Waals surface area contributed by atoms with E-state index in [-0.39, 0.29) is 24.3 Å². The van der Waals surface area contributed by atoms with Crippen molar-refractivity contribution in [3.8, 4) is 11.1 Å². The minimum Gasteiger partial charge on any atom is -0.335 e. The molecule has 0 saturated heterocycles. The number of aryl methyl sites for hydroxylation is 1. The standard InChI is InChI=1S/C25H23ClN2O6S5/c26-19-4-6-23-21(14-19)28(9-2-12-39(32,33)34)25(37-23)15-24-27(8-1-11-38(29,30)31)20-13-17(3-5-22(20)36-24)18-7-10-35-16-18/h3-7,10,13-16H,1-2,8-9,11-12H2,(H-,29,30,31,32,33,34)/p+1. The van der Waals surface area contributed by atoms with Crippen molar-refractivity contribution < 1.29 is 30.5 Å². The number of anilines is 1. The molecule has 2 N–H and O–H groups in total. The van der Waals surface area contributed by atoms with Crippen molar-refractivity contribution >= 4 is 88.3 Å². The lowest BCUT2D eigenvalue weighted by atomic mass is 10.1. The highest BCUT2D eigenvalue weighted by atomic mass is 35.5. The zero-order valence-electron chi connectivity index (χ0n) is 20.4. The summed E-state index contributed by atoms with van der Waals surface area (Å²) in [5.41, 5.74) is 3.95. The van der Waals surface area contributed by atoms with Crippen LogP contribution in [0.1, 0.15) is 17.8 Å². The minimum atomic E-state index is -4.10. The van der Waals surface area contributed by atoms with Gasteiger partial charge in [-0.3, -0.25) is 9.11 Å². The Morgan fingerprint density at radius 2 is 1.72 bits per heavy atom. The lowest BCUT2D eigenvalue weighted by Crippen LogP contribution is -2.36. The summed E-state index contributed by atoms with van der Waals surface area (Å²) in [6.07, 6.45) is 2.46. The Morgan fingerprint density at radius 3 is 2.44 bits per heavy atom. The van der Waals surface area contributed by atoms with Crippen LogP contribution in [0.15, 0.2) is 63.1 Å². The molecular formula is C25H24ClN2O6S5+. The second kappa shape index (κ2) is 11.5. The van der Waals surface area contributed by atoms with E-state index in [2.05, 4.69) is 28.1 Å².